The van der Waals surface area contributed by atoms with Gasteiger partial charge in [-0.15, -0.1) is 0 Å². The molecule has 4 heteroatoms. The predicted octanol–water partition coefficient (Wildman–Crippen LogP) is 5.80. The lowest BCUT2D eigenvalue weighted by Crippen LogP contribution is -2.38. The fourth-order valence-corrected chi connectivity index (χ4v) is 2.85. The Morgan fingerprint density at radius 1 is 0.923 bits per heavy atom. The Hall–Kier alpha value is -2.49. The van der Waals surface area contributed by atoms with Gasteiger partial charge >= 0.3 is 5.97 Å². The molecule has 140 valence electrons. The van der Waals surface area contributed by atoms with Gasteiger partial charge in [0.2, 0.25) is 0 Å². The maximum Gasteiger partial charge on any atom is 0.317 e. The number of rotatable bonds is 7. The van der Waals surface area contributed by atoms with Gasteiger partial charge in [0.25, 0.3) is 0 Å². The molecule has 2 rings (SSSR count). The molecule has 26 heavy (non-hydrogen) atoms. The zero-order valence-electron chi connectivity index (χ0n) is 16.2. The van der Waals surface area contributed by atoms with Crippen molar-refractivity contribution in [2.24, 2.45) is 17.3 Å². The van der Waals surface area contributed by atoms with Gasteiger partial charge < -0.3 is 14.6 Å². The zero-order valence-corrected chi connectivity index (χ0v) is 16.2. The van der Waals surface area contributed by atoms with E-state index in [1.165, 1.54) is 0 Å². The number of phenolic OH excluding ortho intramolecular Hbond substituents is 1. The minimum Gasteiger partial charge on any atom is -0.508 e. The van der Waals surface area contributed by atoms with Gasteiger partial charge in [-0.05, 0) is 73.7 Å². The van der Waals surface area contributed by atoms with Crippen LogP contribution in [0.4, 0.5) is 0 Å². The lowest BCUT2D eigenvalue weighted by molar-refractivity contribution is -0.148. The second-order valence-corrected chi connectivity index (χ2v) is 7.63. The fourth-order valence-electron chi connectivity index (χ4n) is 2.85. The van der Waals surface area contributed by atoms with Gasteiger partial charge in [0.15, 0.2) is 0 Å². The largest absolute Gasteiger partial charge is 0.508 e. The lowest BCUT2D eigenvalue weighted by atomic mass is 9.73. The highest BCUT2D eigenvalue weighted by atomic mass is 16.5. The molecule has 0 aromatic heterocycles. The second-order valence-electron chi connectivity index (χ2n) is 7.63. The molecule has 0 saturated heterocycles. The summed E-state index contributed by atoms with van der Waals surface area (Å²) in [5.41, 5.74) is -0.518. The number of phenols is 1. The summed E-state index contributed by atoms with van der Waals surface area (Å²) in [4.78, 5) is 12.7. The van der Waals surface area contributed by atoms with E-state index in [0.29, 0.717) is 23.2 Å². The predicted molar refractivity (Wildman–Crippen MR) is 103 cm³/mol. The van der Waals surface area contributed by atoms with E-state index in [1.807, 2.05) is 6.92 Å². The molecular formula is C22H28O4. The summed E-state index contributed by atoms with van der Waals surface area (Å²) in [6, 6.07) is 13.5. The molecule has 1 N–H and O–H groups in total. The van der Waals surface area contributed by atoms with E-state index in [4.69, 9.17) is 9.47 Å². The SMILES string of the molecule is CC(C)CC(C)(C(=O)Oc1ccc(Oc2ccc(O)cc2)cc1)C(C)C. The number of hydrogen-bond acceptors (Lipinski definition) is 4. The van der Waals surface area contributed by atoms with Crippen molar-refractivity contribution < 1.29 is 19.4 Å². The van der Waals surface area contributed by atoms with Crippen LogP contribution in [0.5, 0.6) is 23.0 Å². The fraction of sp³-hybridized carbons (Fsp3) is 0.409. The zero-order chi connectivity index (χ0) is 19.3. The van der Waals surface area contributed by atoms with Gasteiger partial charge in [0.1, 0.15) is 23.0 Å². The first-order valence-electron chi connectivity index (χ1n) is 9.00. The van der Waals surface area contributed by atoms with Crippen molar-refractivity contribution in [2.45, 2.75) is 41.0 Å². The van der Waals surface area contributed by atoms with E-state index in [-0.39, 0.29) is 17.6 Å². The summed E-state index contributed by atoms with van der Waals surface area (Å²) in [6.07, 6.45) is 0.783. The minimum atomic E-state index is -0.518. The van der Waals surface area contributed by atoms with Crippen LogP contribution in [0, 0.1) is 17.3 Å². The van der Waals surface area contributed by atoms with Crippen LogP contribution in [0.15, 0.2) is 48.5 Å². The number of carbonyl (C=O) groups is 1. The summed E-state index contributed by atoms with van der Waals surface area (Å²) in [5.74, 6) is 2.35. The summed E-state index contributed by atoms with van der Waals surface area (Å²) in [5, 5.41) is 9.30. The minimum absolute atomic E-state index is 0.189. The summed E-state index contributed by atoms with van der Waals surface area (Å²) >= 11 is 0. The Morgan fingerprint density at radius 3 is 1.85 bits per heavy atom. The van der Waals surface area contributed by atoms with Crippen molar-refractivity contribution in [2.75, 3.05) is 0 Å². The van der Waals surface area contributed by atoms with Crippen LogP contribution in [-0.2, 0) is 4.79 Å². The van der Waals surface area contributed by atoms with Crippen LogP contribution in [0.2, 0.25) is 0 Å². The van der Waals surface area contributed by atoms with Crippen LogP contribution in [0.3, 0.4) is 0 Å². The molecule has 0 aliphatic heterocycles. The Kier molecular flexibility index (Phi) is 6.30. The number of esters is 1. The van der Waals surface area contributed by atoms with E-state index in [1.54, 1.807) is 48.5 Å². The Bertz CT molecular complexity index is 717. The molecule has 0 aliphatic carbocycles. The Labute approximate surface area is 155 Å². The van der Waals surface area contributed by atoms with Gasteiger partial charge in [0, 0.05) is 0 Å². The van der Waals surface area contributed by atoms with Gasteiger partial charge in [-0.1, -0.05) is 27.7 Å². The summed E-state index contributed by atoms with van der Waals surface area (Å²) in [6.45, 7) is 10.3. The molecule has 4 nitrogen and oxygen atoms in total. The molecular weight excluding hydrogens is 328 g/mol. The standard InChI is InChI=1S/C22H28O4/c1-15(2)14-22(5,16(3)4)21(24)26-20-12-10-19(11-13-20)25-18-8-6-17(23)7-9-18/h6-13,15-16,23H,14H2,1-5H3. The van der Waals surface area contributed by atoms with Crippen molar-refractivity contribution in [3.8, 4) is 23.0 Å². The molecule has 0 saturated carbocycles. The van der Waals surface area contributed by atoms with E-state index in [0.717, 1.165) is 6.42 Å². The third kappa shape index (κ3) is 5.01. The highest BCUT2D eigenvalue weighted by Crippen LogP contribution is 2.36. The van der Waals surface area contributed by atoms with Crippen LogP contribution < -0.4 is 9.47 Å². The molecule has 2 aromatic rings. The first-order valence-corrected chi connectivity index (χ1v) is 9.00. The molecule has 0 heterocycles. The van der Waals surface area contributed by atoms with Crippen molar-refractivity contribution in [3.63, 3.8) is 0 Å². The van der Waals surface area contributed by atoms with Crippen molar-refractivity contribution in [3.05, 3.63) is 48.5 Å². The molecule has 1 unspecified atom stereocenters. The van der Waals surface area contributed by atoms with Crippen molar-refractivity contribution in [1.29, 1.82) is 0 Å². The van der Waals surface area contributed by atoms with Gasteiger partial charge in [0.05, 0.1) is 5.41 Å². The van der Waals surface area contributed by atoms with Gasteiger partial charge in [-0.25, -0.2) is 0 Å². The van der Waals surface area contributed by atoms with Crippen LogP contribution in [0.1, 0.15) is 41.0 Å². The third-order valence-electron chi connectivity index (χ3n) is 4.68. The number of hydrogen-bond donors (Lipinski definition) is 1. The van der Waals surface area contributed by atoms with Gasteiger partial charge in [-0.2, -0.15) is 0 Å². The average Bonchev–Trinajstić information content (AvgIpc) is 2.57. The molecule has 0 amide bonds. The number of aromatic hydroxyl groups is 1. The number of ether oxygens (including phenoxy) is 2. The van der Waals surface area contributed by atoms with E-state index >= 15 is 0 Å². The van der Waals surface area contributed by atoms with Gasteiger partial charge in [-0.3, -0.25) is 4.79 Å². The van der Waals surface area contributed by atoms with E-state index in [2.05, 4.69) is 27.7 Å². The molecule has 0 spiro atoms. The van der Waals surface area contributed by atoms with Crippen LogP contribution in [0.25, 0.3) is 0 Å². The van der Waals surface area contributed by atoms with E-state index in [9.17, 15) is 9.90 Å². The molecule has 0 radical (unpaired) electrons. The van der Waals surface area contributed by atoms with Crippen molar-refractivity contribution >= 4 is 5.97 Å². The maximum absolute atomic E-state index is 12.7. The first-order chi connectivity index (χ1) is 12.2. The monoisotopic (exact) mass is 356 g/mol. The van der Waals surface area contributed by atoms with Crippen LogP contribution >= 0.6 is 0 Å². The smallest absolute Gasteiger partial charge is 0.317 e. The molecule has 2 aromatic carbocycles. The summed E-state index contributed by atoms with van der Waals surface area (Å²) < 4.78 is 11.3. The Balaban J connectivity index is 2.05. The summed E-state index contributed by atoms with van der Waals surface area (Å²) in [7, 11) is 0. The van der Waals surface area contributed by atoms with Crippen molar-refractivity contribution in [1.82, 2.24) is 0 Å². The lowest BCUT2D eigenvalue weighted by Gasteiger charge is -2.32. The Morgan fingerprint density at radius 2 is 1.38 bits per heavy atom. The third-order valence-corrected chi connectivity index (χ3v) is 4.68. The molecule has 0 fully saturated rings. The highest BCUT2D eigenvalue weighted by molar-refractivity contribution is 5.79. The second kappa shape index (κ2) is 8.26. The first kappa shape index (κ1) is 19.8. The molecule has 0 bridgehead atoms. The normalized spacial score (nSPS) is 13.5. The maximum atomic E-state index is 12.7. The molecule has 0 aliphatic rings. The quantitative estimate of drug-likeness (QED) is 0.503. The average molecular weight is 356 g/mol. The highest BCUT2D eigenvalue weighted by Gasteiger charge is 2.39. The van der Waals surface area contributed by atoms with E-state index < -0.39 is 5.41 Å². The topological polar surface area (TPSA) is 55.8 Å². The number of carbonyl (C=O) groups excluding carboxylic acids is 1. The van der Waals surface area contributed by atoms with Crippen LogP contribution in [-0.4, -0.2) is 11.1 Å². The number of benzene rings is 2. The molecule has 1 atom stereocenters.